The summed E-state index contributed by atoms with van der Waals surface area (Å²) in [6, 6.07) is 0. The molecule has 4 rings (SSSR count). The summed E-state index contributed by atoms with van der Waals surface area (Å²) >= 11 is 1.45. The Kier molecular flexibility index (Phi) is 4.74. The highest BCUT2D eigenvalue weighted by Crippen LogP contribution is 2.53. The van der Waals surface area contributed by atoms with Gasteiger partial charge in [0.1, 0.15) is 5.00 Å². The molecule has 1 aromatic heterocycles. The van der Waals surface area contributed by atoms with Crippen molar-refractivity contribution in [3.05, 3.63) is 16.0 Å². The number of hydrogen-bond donors (Lipinski definition) is 3. The molecule has 146 valence electrons. The van der Waals surface area contributed by atoms with Gasteiger partial charge in [-0.25, -0.2) is 0 Å². The second-order valence-electron chi connectivity index (χ2n) is 8.30. The van der Waals surface area contributed by atoms with E-state index in [0.29, 0.717) is 16.5 Å². The number of thiophene rings is 1. The van der Waals surface area contributed by atoms with Crippen LogP contribution in [-0.4, -0.2) is 22.9 Å². The Labute approximate surface area is 162 Å². The molecule has 2 fully saturated rings. The number of nitrogens with two attached hydrogens (primary N) is 1. The van der Waals surface area contributed by atoms with Crippen LogP contribution in [0.2, 0.25) is 0 Å². The fourth-order valence-electron chi connectivity index (χ4n) is 5.57. The summed E-state index contributed by atoms with van der Waals surface area (Å²) in [7, 11) is 0. The number of fused-ring (bicyclic) bond motifs is 3. The van der Waals surface area contributed by atoms with E-state index in [1.807, 2.05) is 0 Å². The Morgan fingerprint density at radius 3 is 2.52 bits per heavy atom. The van der Waals surface area contributed by atoms with Crippen LogP contribution in [0, 0.1) is 29.6 Å². The summed E-state index contributed by atoms with van der Waals surface area (Å²) in [5, 5.41) is 13.0. The Morgan fingerprint density at radius 2 is 1.89 bits per heavy atom. The Hall–Kier alpha value is -1.89. The summed E-state index contributed by atoms with van der Waals surface area (Å²) in [6.07, 6.45) is 6.47. The summed E-state index contributed by atoms with van der Waals surface area (Å²) in [6.45, 7) is 2.17. The highest BCUT2D eigenvalue weighted by atomic mass is 32.1. The zero-order valence-corrected chi connectivity index (χ0v) is 16.3. The Morgan fingerprint density at radius 1 is 1.19 bits per heavy atom. The van der Waals surface area contributed by atoms with E-state index in [9.17, 15) is 19.5 Å². The molecule has 0 aliphatic heterocycles. The van der Waals surface area contributed by atoms with Gasteiger partial charge in [-0.3, -0.25) is 14.4 Å². The predicted molar refractivity (Wildman–Crippen MR) is 103 cm³/mol. The van der Waals surface area contributed by atoms with Gasteiger partial charge in [-0.15, -0.1) is 11.3 Å². The van der Waals surface area contributed by atoms with Gasteiger partial charge in [0, 0.05) is 4.88 Å². The monoisotopic (exact) mass is 390 g/mol. The number of carbonyl (C=O) groups excluding carboxylic acids is 2. The van der Waals surface area contributed by atoms with Gasteiger partial charge in [-0.2, -0.15) is 0 Å². The zero-order chi connectivity index (χ0) is 19.3. The van der Waals surface area contributed by atoms with E-state index in [-0.39, 0.29) is 17.7 Å². The number of amides is 2. The minimum Gasteiger partial charge on any atom is -0.481 e. The van der Waals surface area contributed by atoms with Crippen molar-refractivity contribution in [2.75, 3.05) is 5.32 Å². The first-order valence-corrected chi connectivity index (χ1v) is 10.7. The highest BCUT2D eigenvalue weighted by Gasteiger charge is 2.54. The average Bonchev–Trinajstić information content (AvgIpc) is 3.32. The quantitative estimate of drug-likeness (QED) is 0.718. The minimum absolute atomic E-state index is 0.0979. The predicted octanol–water partition coefficient (Wildman–Crippen LogP) is 3.05. The molecule has 2 saturated carbocycles. The molecule has 3 aliphatic rings. The van der Waals surface area contributed by atoms with E-state index in [0.717, 1.165) is 55.4 Å². The van der Waals surface area contributed by atoms with Crippen molar-refractivity contribution in [1.82, 2.24) is 0 Å². The molecule has 4 N–H and O–H groups in total. The van der Waals surface area contributed by atoms with Crippen molar-refractivity contribution >= 4 is 34.1 Å². The number of carbonyl (C=O) groups is 3. The molecule has 0 spiro atoms. The normalized spacial score (nSPS) is 31.5. The van der Waals surface area contributed by atoms with Crippen LogP contribution in [0.3, 0.4) is 0 Å². The number of anilines is 1. The van der Waals surface area contributed by atoms with E-state index < -0.39 is 23.7 Å². The fourth-order valence-corrected chi connectivity index (χ4v) is 6.94. The van der Waals surface area contributed by atoms with Gasteiger partial charge in [0.2, 0.25) is 5.91 Å². The van der Waals surface area contributed by atoms with Gasteiger partial charge < -0.3 is 16.2 Å². The van der Waals surface area contributed by atoms with Crippen LogP contribution in [0.25, 0.3) is 0 Å². The smallest absolute Gasteiger partial charge is 0.307 e. The van der Waals surface area contributed by atoms with Crippen molar-refractivity contribution in [3.63, 3.8) is 0 Å². The van der Waals surface area contributed by atoms with Gasteiger partial charge in [-0.05, 0) is 61.8 Å². The first-order valence-electron chi connectivity index (χ1n) is 9.88. The maximum Gasteiger partial charge on any atom is 0.307 e. The van der Waals surface area contributed by atoms with E-state index in [2.05, 4.69) is 12.2 Å². The topological polar surface area (TPSA) is 109 Å². The van der Waals surface area contributed by atoms with Crippen molar-refractivity contribution in [2.24, 2.45) is 35.3 Å². The lowest BCUT2D eigenvalue weighted by molar-refractivity contribution is -0.148. The maximum absolute atomic E-state index is 13.0. The van der Waals surface area contributed by atoms with E-state index in [1.54, 1.807) is 0 Å². The molecule has 0 radical (unpaired) electrons. The number of carboxylic acid groups (broad SMARTS) is 1. The second-order valence-corrected chi connectivity index (χ2v) is 9.41. The van der Waals surface area contributed by atoms with E-state index in [1.165, 1.54) is 11.3 Å². The molecule has 0 aromatic carbocycles. The van der Waals surface area contributed by atoms with Crippen molar-refractivity contribution < 1.29 is 19.5 Å². The molecule has 2 bridgehead atoms. The Bertz CT molecular complexity index is 802. The third-order valence-corrected chi connectivity index (χ3v) is 8.10. The average molecular weight is 391 g/mol. The fraction of sp³-hybridized carbons (Fsp3) is 0.650. The molecule has 0 saturated heterocycles. The Balaban J connectivity index is 1.61. The number of hydrogen-bond acceptors (Lipinski definition) is 4. The van der Waals surface area contributed by atoms with Crippen LogP contribution in [0.1, 0.15) is 59.8 Å². The third-order valence-electron chi connectivity index (χ3n) is 6.93. The van der Waals surface area contributed by atoms with Crippen LogP contribution in [0.15, 0.2) is 0 Å². The number of aliphatic carboxylic acids is 1. The summed E-state index contributed by atoms with van der Waals surface area (Å²) in [5.74, 6) is -1.95. The SMILES string of the molecule is CC[C@@H]1CCc2c(sc(NC(=O)[C@@H]3[C@H]4CC[C@@H](C4)[C@H]3C(=O)O)c2C(N)=O)C1. The van der Waals surface area contributed by atoms with Gasteiger partial charge in [0.05, 0.1) is 17.4 Å². The maximum atomic E-state index is 13.0. The molecule has 6 nitrogen and oxygen atoms in total. The van der Waals surface area contributed by atoms with Gasteiger partial charge in [-0.1, -0.05) is 13.3 Å². The minimum atomic E-state index is -0.881. The zero-order valence-electron chi connectivity index (χ0n) is 15.5. The van der Waals surface area contributed by atoms with Crippen molar-refractivity contribution in [2.45, 2.75) is 51.9 Å². The number of nitrogens with one attached hydrogen (secondary N) is 1. The summed E-state index contributed by atoms with van der Waals surface area (Å²) in [5.41, 5.74) is 7.06. The van der Waals surface area contributed by atoms with Crippen LogP contribution >= 0.6 is 11.3 Å². The van der Waals surface area contributed by atoms with Crippen LogP contribution in [-0.2, 0) is 22.4 Å². The standard InChI is InChI=1S/C20H26N2O4S/c1-2-9-3-6-12-13(7-9)27-19(16(12)17(21)23)22-18(24)14-10-4-5-11(8-10)15(14)20(25)26/h9-11,14-15H,2-8H2,1H3,(H2,21,23)(H,22,24)(H,25,26)/t9-,10+,11+,14-,15-/m1/s1. The lowest BCUT2D eigenvalue weighted by atomic mass is 9.78. The second kappa shape index (κ2) is 6.93. The molecule has 27 heavy (non-hydrogen) atoms. The first-order chi connectivity index (χ1) is 12.9. The number of primary amides is 1. The van der Waals surface area contributed by atoms with Crippen LogP contribution < -0.4 is 11.1 Å². The lowest BCUT2D eigenvalue weighted by Gasteiger charge is -2.26. The largest absolute Gasteiger partial charge is 0.481 e. The molecular weight excluding hydrogens is 364 g/mol. The third kappa shape index (κ3) is 3.06. The van der Waals surface area contributed by atoms with E-state index >= 15 is 0 Å². The van der Waals surface area contributed by atoms with Gasteiger partial charge in [0.25, 0.3) is 5.91 Å². The van der Waals surface area contributed by atoms with Gasteiger partial charge >= 0.3 is 5.97 Å². The van der Waals surface area contributed by atoms with Crippen LogP contribution in [0.4, 0.5) is 5.00 Å². The molecule has 0 unspecified atom stereocenters. The van der Waals surface area contributed by atoms with Crippen molar-refractivity contribution in [1.29, 1.82) is 0 Å². The van der Waals surface area contributed by atoms with Gasteiger partial charge in [0.15, 0.2) is 0 Å². The molecule has 1 heterocycles. The first kappa shape index (κ1) is 18.5. The van der Waals surface area contributed by atoms with Crippen LogP contribution in [0.5, 0.6) is 0 Å². The summed E-state index contributed by atoms with van der Waals surface area (Å²) < 4.78 is 0. The molecule has 5 atom stereocenters. The van der Waals surface area contributed by atoms with E-state index in [4.69, 9.17) is 5.73 Å². The van der Waals surface area contributed by atoms with Crippen molar-refractivity contribution in [3.8, 4) is 0 Å². The molecule has 2 amide bonds. The number of rotatable bonds is 5. The molecule has 3 aliphatic carbocycles. The molecule has 1 aromatic rings. The molecular formula is C20H26N2O4S. The highest BCUT2D eigenvalue weighted by molar-refractivity contribution is 7.17. The number of carboxylic acids is 1. The lowest BCUT2D eigenvalue weighted by Crippen LogP contribution is -2.38. The molecule has 7 heteroatoms. The summed E-state index contributed by atoms with van der Waals surface area (Å²) in [4.78, 5) is 37.9.